The average molecular weight is 190 g/mol. The lowest BCUT2D eigenvalue weighted by atomic mass is 10.0. The zero-order chi connectivity index (χ0) is 9.76. The van der Waals surface area contributed by atoms with Crippen LogP contribution in [0.3, 0.4) is 0 Å². The molecule has 0 radical (unpaired) electrons. The standard InChI is InChI=1S/C11H14N2O/c1-7-9-3-4-11(5-6-11)14-10(9)13-8(2)12-7/h3-6H2,1-2H3. The number of aryl methyl sites for hydroxylation is 2. The van der Waals surface area contributed by atoms with Gasteiger partial charge >= 0.3 is 0 Å². The Hall–Kier alpha value is -1.12. The molecule has 0 saturated heterocycles. The van der Waals surface area contributed by atoms with Gasteiger partial charge in [-0.05, 0) is 39.5 Å². The largest absolute Gasteiger partial charge is 0.471 e. The van der Waals surface area contributed by atoms with Crippen LogP contribution in [0, 0.1) is 13.8 Å². The van der Waals surface area contributed by atoms with Crippen LogP contribution in [0.25, 0.3) is 0 Å². The minimum absolute atomic E-state index is 0.167. The first-order valence-electron chi connectivity index (χ1n) is 5.22. The van der Waals surface area contributed by atoms with Crippen molar-refractivity contribution in [3.8, 4) is 5.88 Å². The molecular weight excluding hydrogens is 176 g/mol. The van der Waals surface area contributed by atoms with Crippen LogP contribution in [0.1, 0.15) is 36.3 Å². The van der Waals surface area contributed by atoms with Crippen molar-refractivity contribution < 1.29 is 4.74 Å². The van der Waals surface area contributed by atoms with Gasteiger partial charge in [0, 0.05) is 11.3 Å². The summed E-state index contributed by atoms with van der Waals surface area (Å²) in [5.41, 5.74) is 2.47. The first-order chi connectivity index (χ1) is 6.69. The Kier molecular flexibility index (Phi) is 1.45. The van der Waals surface area contributed by atoms with Gasteiger partial charge in [-0.15, -0.1) is 0 Å². The fourth-order valence-corrected chi connectivity index (χ4v) is 2.18. The highest BCUT2D eigenvalue weighted by Gasteiger charge is 2.48. The molecule has 2 aliphatic rings. The average Bonchev–Trinajstić information content (AvgIpc) is 2.83. The van der Waals surface area contributed by atoms with E-state index in [0.717, 1.165) is 30.2 Å². The van der Waals surface area contributed by atoms with Crippen LogP contribution < -0.4 is 4.74 Å². The molecule has 1 spiro atoms. The summed E-state index contributed by atoms with van der Waals surface area (Å²) in [5.74, 6) is 1.66. The third kappa shape index (κ3) is 1.11. The van der Waals surface area contributed by atoms with Gasteiger partial charge in [-0.25, -0.2) is 4.98 Å². The molecule has 3 rings (SSSR count). The van der Waals surface area contributed by atoms with Crippen molar-refractivity contribution in [3.05, 3.63) is 17.1 Å². The van der Waals surface area contributed by atoms with E-state index in [-0.39, 0.29) is 5.60 Å². The van der Waals surface area contributed by atoms with Gasteiger partial charge in [-0.2, -0.15) is 4.98 Å². The van der Waals surface area contributed by atoms with E-state index in [9.17, 15) is 0 Å². The van der Waals surface area contributed by atoms with Crippen molar-refractivity contribution in [2.24, 2.45) is 0 Å². The van der Waals surface area contributed by atoms with Crippen LogP contribution in [0.4, 0.5) is 0 Å². The van der Waals surface area contributed by atoms with Gasteiger partial charge in [0.2, 0.25) is 5.88 Å². The Labute approximate surface area is 83.5 Å². The molecule has 0 atom stereocenters. The quantitative estimate of drug-likeness (QED) is 0.627. The molecule has 74 valence electrons. The molecule has 1 aromatic heterocycles. The van der Waals surface area contributed by atoms with Crippen LogP contribution in [0.15, 0.2) is 0 Å². The van der Waals surface area contributed by atoms with E-state index < -0.39 is 0 Å². The lowest BCUT2D eigenvalue weighted by Crippen LogP contribution is -2.26. The summed E-state index contributed by atoms with van der Waals surface area (Å²) in [6.45, 7) is 3.96. The fourth-order valence-electron chi connectivity index (χ4n) is 2.18. The minimum atomic E-state index is 0.167. The lowest BCUT2D eigenvalue weighted by Gasteiger charge is -2.25. The van der Waals surface area contributed by atoms with E-state index in [2.05, 4.69) is 9.97 Å². The predicted molar refractivity (Wildman–Crippen MR) is 52.4 cm³/mol. The SMILES string of the molecule is Cc1nc(C)c2c(n1)OC1(CC2)CC1. The first kappa shape index (κ1) is 8.21. The summed E-state index contributed by atoms with van der Waals surface area (Å²) in [6.07, 6.45) is 4.64. The van der Waals surface area contributed by atoms with Crippen molar-refractivity contribution in [3.63, 3.8) is 0 Å². The molecule has 1 aliphatic heterocycles. The summed E-state index contributed by atoms with van der Waals surface area (Å²) in [5, 5.41) is 0. The maximum Gasteiger partial charge on any atom is 0.220 e. The zero-order valence-corrected chi connectivity index (χ0v) is 8.63. The highest BCUT2D eigenvalue weighted by Crippen LogP contribution is 2.47. The number of aromatic nitrogens is 2. The highest BCUT2D eigenvalue weighted by molar-refractivity contribution is 5.34. The number of hydrogen-bond donors (Lipinski definition) is 0. The van der Waals surface area contributed by atoms with E-state index in [0.29, 0.717) is 0 Å². The van der Waals surface area contributed by atoms with E-state index in [1.54, 1.807) is 0 Å². The molecule has 1 aliphatic carbocycles. The molecular formula is C11H14N2O. The lowest BCUT2D eigenvalue weighted by molar-refractivity contribution is 0.141. The van der Waals surface area contributed by atoms with Gasteiger partial charge < -0.3 is 4.74 Å². The Balaban J connectivity index is 2.07. The Morgan fingerprint density at radius 3 is 2.64 bits per heavy atom. The van der Waals surface area contributed by atoms with Crippen molar-refractivity contribution in [1.29, 1.82) is 0 Å². The molecule has 0 unspecified atom stereocenters. The summed E-state index contributed by atoms with van der Waals surface area (Å²) >= 11 is 0. The maximum atomic E-state index is 5.94. The van der Waals surface area contributed by atoms with Gasteiger partial charge in [0.25, 0.3) is 0 Å². The van der Waals surface area contributed by atoms with Crippen molar-refractivity contribution in [2.45, 2.75) is 45.1 Å². The molecule has 1 aromatic rings. The molecule has 1 fully saturated rings. The topological polar surface area (TPSA) is 35.0 Å². The molecule has 3 nitrogen and oxygen atoms in total. The number of fused-ring (bicyclic) bond motifs is 1. The molecule has 0 N–H and O–H groups in total. The Morgan fingerprint density at radius 1 is 1.14 bits per heavy atom. The van der Waals surface area contributed by atoms with E-state index in [1.165, 1.54) is 18.4 Å². The molecule has 0 amide bonds. The summed E-state index contributed by atoms with van der Waals surface area (Å²) in [6, 6.07) is 0. The van der Waals surface area contributed by atoms with Crippen LogP contribution in [0.5, 0.6) is 5.88 Å². The predicted octanol–water partition coefficient (Wildman–Crippen LogP) is 1.95. The van der Waals surface area contributed by atoms with Gasteiger partial charge in [-0.3, -0.25) is 0 Å². The molecule has 0 bridgehead atoms. The number of nitrogens with zero attached hydrogens (tertiary/aromatic N) is 2. The maximum absolute atomic E-state index is 5.94. The normalized spacial score (nSPS) is 21.6. The summed E-state index contributed by atoms with van der Waals surface area (Å²) < 4.78 is 5.94. The summed E-state index contributed by atoms with van der Waals surface area (Å²) in [7, 11) is 0. The fraction of sp³-hybridized carbons (Fsp3) is 0.636. The summed E-state index contributed by atoms with van der Waals surface area (Å²) in [4.78, 5) is 8.74. The van der Waals surface area contributed by atoms with Gasteiger partial charge in [0.05, 0.1) is 0 Å². The van der Waals surface area contributed by atoms with E-state index in [1.807, 2.05) is 13.8 Å². The van der Waals surface area contributed by atoms with Crippen LogP contribution >= 0.6 is 0 Å². The number of hydrogen-bond acceptors (Lipinski definition) is 3. The molecule has 2 heterocycles. The van der Waals surface area contributed by atoms with Gasteiger partial charge in [-0.1, -0.05) is 0 Å². The minimum Gasteiger partial charge on any atom is -0.471 e. The monoisotopic (exact) mass is 190 g/mol. The van der Waals surface area contributed by atoms with Crippen LogP contribution in [-0.4, -0.2) is 15.6 Å². The zero-order valence-electron chi connectivity index (χ0n) is 8.63. The molecule has 1 saturated carbocycles. The second-order valence-electron chi connectivity index (χ2n) is 4.43. The smallest absolute Gasteiger partial charge is 0.220 e. The number of rotatable bonds is 0. The van der Waals surface area contributed by atoms with Gasteiger partial charge in [0.1, 0.15) is 11.4 Å². The van der Waals surface area contributed by atoms with E-state index >= 15 is 0 Å². The second kappa shape index (κ2) is 2.47. The third-order valence-electron chi connectivity index (χ3n) is 3.24. The van der Waals surface area contributed by atoms with Gasteiger partial charge in [0.15, 0.2) is 0 Å². The Morgan fingerprint density at radius 2 is 1.93 bits per heavy atom. The van der Waals surface area contributed by atoms with E-state index in [4.69, 9.17) is 4.74 Å². The molecule has 0 aromatic carbocycles. The first-order valence-corrected chi connectivity index (χ1v) is 5.22. The third-order valence-corrected chi connectivity index (χ3v) is 3.24. The van der Waals surface area contributed by atoms with Crippen molar-refractivity contribution in [1.82, 2.24) is 9.97 Å². The van der Waals surface area contributed by atoms with Crippen LogP contribution in [0.2, 0.25) is 0 Å². The number of ether oxygens (including phenoxy) is 1. The second-order valence-corrected chi connectivity index (χ2v) is 4.43. The molecule has 14 heavy (non-hydrogen) atoms. The van der Waals surface area contributed by atoms with Crippen molar-refractivity contribution in [2.75, 3.05) is 0 Å². The van der Waals surface area contributed by atoms with Crippen LogP contribution in [-0.2, 0) is 6.42 Å². The Bertz CT molecular complexity index is 397. The highest BCUT2D eigenvalue weighted by atomic mass is 16.5. The molecule has 3 heteroatoms. The van der Waals surface area contributed by atoms with Crippen molar-refractivity contribution >= 4 is 0 Å².